The number of nitrogens with zero attached hydrogens (tertiary/aromatic N) is 4. The number of anilines is 2. The molecule has 9 nitrogen and oxygen atoms in total. The lowest BCUT2D eigenvalue weighted by Crippen LogP contribution is -2.36. The Morgan fingerprint density at radius 1 is 0.900 bits per heavy atom. The number of morpholine rings is 1. The van der Waals surface area contributed by atoms with Crippen molar-refractivity contribution in [2.45, 2.75) is 19.3 Å². The van der Waals surface area contributed by atoms with Crippen LogP contribution in [-0.4, -0.2) is 58.7 Å². The molecular weight excluding hydrogens is 528 g/mol. The van der Waals surface area contributed by atoms with Crippen molar-refractivity contribution in [3.05, 3.63) is 90.0 Å². The molecule has 2 aromatic carbocycles. The number of amides is 2. The van der Waals surface area contributed by atoms with Gasteiger partial charge in [-0.1, -0.05) is 11.6 Å². The van der Waals surface area contributed by atoms with E-state index in [1.807, 2.05) is 18.2 Å². The largest absolute Gasteiger partial charge is 0.438 e. The highest BCUT2D eigenvalue weighted by Crippen LogP contribution is 2.30. The molecule has 1 saturated heterocycles. The van der Waals surface area contributed by atoms with E-state index in [-0.39, 0.29) is 6.03 Å². The number of carbonyl (C=O) groups excluding carboxylic acids is 1. The molecule has 0 radical (unpaired) electrons. The number of ether oxygens (including phenoxy) is 2. The lowest BCUT2D eigenvalue weighted by Gasteiger charge is -2.26. The molecule has 2 amide bonds. The summed E-state index contributed by atoms with van der Waals surface area (Å²) >= 11 is 5.89. The van der Waals surface area contributed by atoms with Crippen molar-refractivity contribution in [1.82, 2.24) is 19.9 Å². The first-order chi connectivity index (χ1) is 19.6. The van der Waals surface area contributed by atoms with E-state index in [0.29, 0.717) is 28.0 Å². The molecule has 0 saturated carbocycles. The number of pyridine rings is 1. The molecule has 10 heteroatoms. The molecule has 0 aliphatic carbocycles. The lowest BCUT2D eigenvalue weighted by atomic mass is 10.1. The number of hydrogen-bond donors (Lipinski definition) is 2. The highest BCUT2D eigenvalue weighted by Gasteiger charge is 2.13. The van der Waals surface area contributed by atoms with E-state index in [9.17, 15) is 4.79 Å². The molecule has 1 aliphatic rings. The summed E-state index contributed by atoms with van der Waals surface area (Å²) in [4.78, 5) is 28.5. The number of benzene rings is 2. The molecule has 2 aromatic heterocycles. The van der Waals surface area contributed by atoms with Gasteiger partial charge in [-0.3, -0.25) is 4.90 Å². The zero-order chi connectivity index (χ0) is 27.6. The van der Waals surface area contributed by atoms with Gasteiger partial charge in [0, 0.05) is 48.3 Å². The first-order valence-corrected chi connectivity index (χ1v) is 13.7. The maximum absolute atomic E-state index is 12.3. The van der Waals surface area contributed by atoms with Crippen molar-refractivity contribution in [3.8, 4) is 22.9 Å². The van der Waals surface area contributed by atoms with Gasteiger partial charge in [-0.05, 0) is 86.1 Å². The van der Waals surface area contributed by atoms with E-state index in [1.54, 1.807) is 60.9 Å². The SMILES string of the molecule is O=C(Nc1ccc(Cl)cc1)Nc1ccc(Oc2ncccc2-c2ccnc(CCCCN3CCOCC3)n2)cc1. The molecule has 0 unspecified atom stereocenters. The molecule has 5 rings (SSSR count). The van der Waals surface area contributed by atoms with Gasteiger partial charge >= 0.3 is 6.03 Å². The van der Waals surface area contributed by atoms with Gasteiger partial charge in [-0.15, -0.1) is 0 Å². The van der Waals surface area contributed by atoms with Crippen molar-refractivity contribution in [2.75, 3.05) is 43.5 Å². The van der Waals surface area contributed by atoms with E-state index < -0.39 is 0 Å². The maximum atomic E-state index is 12.3. The Labute approximate surface area is 238 Å². The van der Waals surface area contributed by atoms with E-state index in [2.05, 4.69) is 25.5 Å². The first-order valence-electron chi connectivity index (χ1n) is 13.3. The Kier molecular flexibility index (Phi) is 9.52. The summed E-state index contributed by atoms with van der Waals surface area (Å²) in [5.41, 5.74) is 2.81. The van der Waals surface area contributed by atoms with Gasteiger partial charge in [0.25, 0.3) is 0 Å². The third-order valence-electron chi connectivity index (χ3n) is 6.41. The van der Waals surface area contributed by atoms with Gasteiger partial charge in [0.1, 0.15) is 11.6 Å². The predicted molar refractivity (Wildman–Crippen MR) is 156 cm³/mol. The summed E-state index contributed by atoms with van der Waals surface area (Å²) in [7, 11) is 0. The van der Waals surface area contributed by atoms with Crippen LogP contribution in [-0.2, 0) is 11.2 Å². The summed E-state index contributed by atoms with van der Waals surface area (Å²) in [5, 5.41) is 6.17. The second kappa shape index (κ2) is 13.8. The fraction of sp³-hybridized carbons (Fsp3) is 0.267. The average molecular weight is 559 g/mol. The molecule has 4 aromatic rings. The second-order valence-electron chi connectivity index (χ2n) is 9.34. The number of rotatable bonds is 10. The summed E-state index contributed by atoms with van der Waals surface area (Å²) in [6.07, 6.45) is 6.40. The average Bonchev–Trinajstić information content (AvgIpc) is 2.98. The van der Waals surface area contributed by atoms with E-state index in [1.165, 1.54) is 0 Å². The van der Waals surface area contributed by atoms with Gasteiger partial charge in [0.05, 0.1) is 24.5 Å². The molecule has 0 atom stereocenters. The van der Waals surface area contributed by atoms with Crippen molar-refractivity contribution in [3.63, 3.8) is 0 Å². The number of aromatic nitrogens is 3. The number of aryl methyl sites for hydroxylation is 1. The Bertz CT molecular complexity index is 1400. The minimum Gasteiger partial charge on any atom is -0.438 e. The van der Waals surface area contributed by atoms with Gasteiger partial charge in [-0.2, -0.15) is 0 Å². The summed E-state index contributed by atoms with van der Waals surface area (Å²) in [6.45, 7) is 4.74. The number of nitrogens with one attached hydrogen (secondary N) is 2. The molecular formula is C30H31ClN6O3. The standard InChI is InChI=1S/C30H31ClN6O3/c31-22-6-8-23(9-7-22)34-30(38)35-24-10-12-25(13-11-24)40-29-26(4-3-15-33-29)27-14-16-32-28(36-27)5-1-2-17-37-18-20-39-21-19-37/h3-4,6-16H,1-2,5,17-21H2,(H2,34,35,38). The highest BCUT2D eigenvalue weighted by molar-refractivity contribution is 6.30. The Morgan fingerprint density at radius 3 is 2.38 bits per heavy atom. The Morgan fingerprint density at radius 2 is 1.62 bits per heavy atom. The van der Waals surface area contributed by atoms with Gasteiger partial charge in [0.2, 0.25) is 5.88 Å². The van der Waals surface area contributed by atoms with Gasteiger partial charge < -0.3 is 20.1 Å². The second-order valence-corrected chi connectivity index (χ2v) is 9.77. The van der Waals surface area contributed by atoms with E-state index >= 15 is 0 Å². The van der Waals surface area contributed by atoms with Crippen LogP contribution in [0.4, 0.5) is 16.2 Å². The zero-order valence-corrected chi connectivity index (χ0v) is 22.8. The molecule has 1 aliphatic heterocycles. The molecule has 2 N–H and O–H groups in total. The number of halogens is 1. The zero-order valence-electron chi connectivity index (χ0n) is 22.1. The molecule has 0 bridgehead atoms. The van der Waals surface area contributed by atoms with Crippen LogP contribution < -0.4 is 15.4 Å². The fourth-order valence-electron chi connectivity index (χ4n) is 4.32. The van der Waals surface area contributed by atoms with Crippen LogP contribution >= 0.6 is 11.6 Å². The summed E-state index contributed by atoms with van der Waals surface area (Å²) in [6, 6.07) is 19.3. The van der Waals surface area contributed by atoms with Crippen molar-refractivity contribution in [1.29, 1.82) is 0 Å². The summed E-state index contributed by atoms with van der Waals surface area (Å²) < 4.78 is 11.5. The number of hydrogen-bond acceptors (Lipinski definition) is 7. The van der Waals surface area contributed by atoms with Crippen molar-refractivity contribution >= 4 is 29.0 Å². The molecule has 40 heavy (non-hydrogen) atoms. The highest BCUT2D eigenvalue weighted by atomic mass is 35.5. The monoisotopic (exact) mass is 558 g/mol. The maximum Gasteiger partial charge on any atom is 0.323 e. The number of carbonyl (C=O) groups is 1. The van der Waals surface area contributed by atoms with Crippen LogP contribution in [0.3, 0.4) is 0 Å². The van der Waals surface area contributed by atoms with Gasteiger partial charge in [-0.25, -0.2) is 19.7 Å². The summed E-state index contributed by atoms with van der Waals surface area (Å²) in [5.74, 6) is 1.84. The van der Waals surface area contributed by atoms with E-state index in [0.717, 1.165) is 69.2 Å². The quantitative estimate of drug-likeness (QED) is 0.221. The fourth-order valence-corrected chi connectivity index (χ4v) is 4.45. The number of unbranched alkanes of at least 4 members (excludes halogenated alkanes) is 1. The topological polar surface area (TPSA) is 102 Å². The smallest absolute Gasteiger partial charge is 0.323 e. The minimum atomic E-state index is -0.358. The van der Waals surface area contributed by atoms with Crippen LogP contribution in [0.25, 0.3) is 11.3 Å². The number of urea groups is 1. The third-order valence-corrected chi connectivity index (χ3v) is 6.66. The molecule has 3 heterocycles. The van der Waals surface area contributed by atoms with E-state index in [4.69, 9.17) is 26.1 Å². The van der Waals surface area contributed by atoms with Crippen LogP contribution in [0.1, 0.15) is 18.7 Å². The first kappa shape index (κ1) is 27.5. The Hall–Kier alpha value is -4.05. The molecule has 206 valence electrons. The molecule has 1 fully saturated rings. The van der Waals surface area contributed by atoms with Crippen LogP contribution in [0, 0.1) is 0 Å². The normalized spacial score (nSPS) is 13.5. The lowest BCUT2D eigenvalue weighted by molar-refractivity contribution is 0.0372. The molecule has 0 spiro atoms. The van der Waals surface area contributed by atoms with Crippen molar-refractivity contribution < 1.29 is 14.3 Å². The van der Waals surface area contributed by atoms with Crippen LogP contribution in [0.2, 0.25) is 5.02 Å². The van der Waals surface area contributed by atoms with Crippen LogP contribution in [0.15, 0.2) is 79.1 Å². The van der Waals surface area contributed by atoms with Crippen LogP contribution in [0.5, 0.6) is 11.6 Å². The third kappa shape index (κ3) is 7.98. The minimum absolute atomic E-state index is 0.358. The van der Waals surface area contributed by atoms with Crippen molar-refractivity contribution in [2.24, 2.45) is 0 Å². The van der Waals surface area contributed by atoms with Gasteiger partial charge in [0.15, 0.2) is 0 Å². The Balaban J connectivity index is 1.17. The predicted octanol–water partition coefficient (Wildman–Crippen LogP) is 6.28.